The Labute approximate surface area is 566 Å². The number of hydrogen-bond acceptors (Lipinski definition) is 37. The van der Waals surface area contributed by atoms with Gasteiger partial charge in [0.1, 0.15) is 159 Å². The molecule has 1 spiro atoms. The Bertz CT molecular complexity index is 2690. The lowest BCUT2D eigenvalue weighted by molar-refractivity contribution is -0.398. The summed E-state index contributed by atoms with van der Waals surface area (Å²) in [5.41, 5.74) is -1.91. The van der Waals surface area contributed by atoms with Gasteiger partial charge in [0.05, 0.1) is 57.3 Å². The van der Waals surface area contributed by atoms with Crippen molar-refractivity contribution >= 4 is 5.97 Å². The van der Waals surface area contributed by atoms with Crippen LogP contribution in [0.4, 0.5) is 0 Å². The first-order chi connectivity index (χ1) is 46.8. The summed E-state index contributed by atoms with van der Waals surface area (Å²) in [6, 6.07) is 0. The zero-order valence-corrected chi connectivity index (χ0v) is 54.6. The summed E-state index contributed by atoms with van der Waals surface area (Å²) in [6.07, 6.45) is -62.6. The van der Waals surface area contributed by atoms with E-state index in [4.69, 9.17) is 66.3 Å². The molecule has 0 radical (unpaired) electrons. The van der Waals surface area contributed by atoms with Crippen LogP contribution in [0.15, 0.2) is 12.2 Å². The lowest BCUT2D eigenvalue weighted by Gasteiger charge is -2.69. The molecule has 22 N–H and O–H groups in total. The number of ether oxygens (including phenoxy) is 14. The van der Waals surface area contributed by atoms with Gasteiger partial charge in [-0.1, -0.05) is 25.5 Å². The van der Waals surface area contributed by atoms with Crippen LogP contribution in [0.25, 0.3) is 0 Å². The number of rotatable bonds is 20. The quantitative estimate of drug-likeness (QED) is 0.0306. The molecule has 12 aliphatic rings. The highest BCUT2D eigenvalue weighted by atomic mass is 16.8. The van der Waals surface area contributed by atoms with E-state index in [0.717, 1.165) is 5.57 Å². The number of aliphatic hydroxyl groups excluding tert-OH is 22. The smallest absolute Gasteiger partial charge is 0.314 e. The van der Waals surface area contributed by atoms with Crippen LogP contribution < -0.4 is 0 Å². The largest absolute Gasteiger partial charge is 0.432 e. The molecule has 42 atom stereocenters. The van der Waals surface area contributed by atoms with E-state index in [9.17, 15) is 112 Å². The van der Waals surface area contributed by atoms with E-state index in [0.29, 0.717) is 44.9 Å². The predicted octanol–water partition coefficient (Wildman–Crippen LogP) is -10.8. The van der Waals surface area contributed by atoms with Crippen molar-refractivity contribution in [3.63, 3.8) is 0 Å². The first-order valence-corrected chi connectivity index (χ1v) is 33.8. The molecule has 0 aromatic rings. The van der Waals surface area contributed by atoms with Crippen LogP contribution in [-0.4, -0.2) is 379 Å². The summed E-state index contributed by atoms with van der Waals surface area (Å²) in [4.78, 5) is 15.7. The van der Waals surface area contributed by atoms with Gasteiger partial charge in [-0.15, -0.1) is 0 Å². The summed E-state index contributed by atoms with van der Waals surface area (Å²) in [7, 11) is 0. The Morgan fingerprint density at radius 2 is 0.788 bits per heavy atom. The maximum Gasteiger partial charge on any atom is 0.314 e. The Morgan fingerprint density at radius 1 is 0.414 bits per heavy atom. The molecule has 12 fully saturated rings. The van der Waals surface area contributed by atoms with Gasteiger partial charge in [0, 0.05) is 5.92 Å². The molecule has 5 aliphatic carbocycles. The first-order valence-electron chi connectivity index (χ1n) is 33.8. The highest BCUT2D eigenvalue weighted by Gasteiger charge is 2.69. The Hall–Kier alpha value is -2.19. The van der Waals surface area contributed by atoms with Gasteiger partial charge in [-0.2, -0.15) is 0 Å². The van der Waals surface area contributed by atoms with Crippen molar-refractivity contribution in [2.45, 2.75) is 293 Å². The van der Waals surface area contributed by atoms with E-state index in [1.54, 1.807) is 6.92 Å². The highest BCUT2D eigenvalue weighted by molar-refractivity contribution is 5.77. The molecule has 2 bridgehead atoms. The summed E-state index contributed by atoms with van der Waals surface area (Å²) in [5, 5.41) is 239. The normalized spacial score (nSPS) is 54.9. The van der Waals surface area contributed by atoms with Gasteiger partial charge in [0.15, 0.2) is 43.8 Å². The molecule has 5 saturated carbocycles. The van der Waals surface area contributed by atoms with Crippen molar-refractivity contribution in [3.05, 3.63) is 12.2 Å². The molecule has 36 unspecified atom stereocenters. The molecule has 37 heteroatoms. The van der Waals surface area contributed by atoms with Crippen LogP contribution in [-0.2, 0) is 71.1 Å². The van der Waals surface area contributed by atoms with Crippen molar-refractivity contribution in [2.24, 2.45) is 34.0 Å². The summed E-state index contributed by atoms with van der Waals surface area (Å²) in [5.74, 6) is -2.03. The van der Waals surface area contributed by atoms with E-state index in [1.807, 2.05) is 0 Å². The van der Waals surface area contributed by atoms with Gasteiger partial charge in [-0.25, -0.2) is 0 Å². The summed E-state index contributed by atoms with van der Waals surface area (Å²) in [6.45, 7) is 4.23. The third-order valence-electron chi connectivity index (χ3n) is 23.3. The fourth-order valence-electron chi connectivity index (χ4n) is 17.7. The van der Waals surface area contributed by atoms with Crippen molar-refractivity contribution in [2.75, 3.05) is 39.6 Å². The van der Waals surface area contributed by atoms with E-state index >= 15 is 4.79 Å². The van der Waals surface area contributed by atoms with Gasteiger partial charge in [-0.3, -0.25) is 4.79 Å². The molecule has 0 amide bonds. The predicted molar refractivity (Wildman–Crippen MR) is 315 cm³/mol. The van der Waals surface area contributed by atoms with Crippen LogP contribution in [0.5, 0.6) is 0 Å². The molecule has 7 saturated heterocycles. The zero-order chi connectivity index (χ0) is 72.0. The number of hydrogen-bond donors (Lipinski definition) is 22. The molecule has 7 aliphatic heterocycles. The topological polar surface area (TPSA) is 591 Å². The van der Waals surface area contributed by atoms with Crippen LogP contribution in [0, 0.1) is 34.0 Å². The molecule has 37 nitrogen and oxygen atoms in total. The molecular formula is C62H100O37. The van der Waals surface area contributed by atoms with Gasteiger partial charge in [0.2, 0.25) is 6.29 Å². The second kappa shape index (κ2) is 31.0. The molecule has 570 valence electrons. The van der Waals surface area contributed by atoms with Crippen molar-refractivity contribution < 1.29 is 183 Å². The standard InChI is InChI=1S/C62H100O37/c1-19-11-62-9-6-29-60(3,30(62)10-21(19)22(12-62)87-57-50(97-55-45(83)41(79)35(73)26(16-66)91-55)48(36(74)27(17-67)92-57)95-53-43(81)39(77)33(71)24(14-64)89-53)7-5-8-61(29,4)59(85)99-58-51(49(37(75)28(18-68)93-58)96-54-44(82)40(78)34(72)25(15-65)90-54)98-56-46(84)47(31(69)20(2)86-56)94-52-42(80)38(76)32(70)23(13-63)88-52/h20-58,63-84H,1,5-18H2,2-4H3/t20?,21-,22?,23?,24?,25?,26?,27?,28?,29-,30-,31?,32?,33?,34?,35?,36?,37?,38?,39?,40?,41?,42?,43?,44?,45?,46?,47?,48?,49?,50?,51?,52?,53?,54?,55?,56?,57?,58?,60+,61+,62+/m0/s1. The molecule has 0 aromatic heterocycles. The van der Waals surface area contributed by atoms with Crippen molar-refractivity contribution in [1.29, 1.82) is 0 Å². The number of fused-ring (bicyclic) bond motifs is 3. The molecule has 0 aromatic carbocycles. The average molecular weight is 1440 g/mol. The van der Waals surface area contributed by atoms with Gasteiger partial charge in [-0.05, 0) is 81.5 Å². The maximum atomic E-state index is 15.7. The number of carbonyl (C=O) groups is 1. The van der Waals surface area contributed by atoms with Gasteiger partial charge < -0.3 is 179 Å². The lowest BCUT2D eigenvalue weighted by Crippen LogP contribution is -2.68. The third-order valence-corrected chi connectivity index (χ3v) is 23.3. The second-order valence-corrected chi connectivity index (χ2v) is 29.2. The van der Waals surface area contributed by atoms with E-state index in [1.165, 1.54) is 6.92 Å². The zero-order valence-electron chi connectivity index (χ0n) is 54.6. The lowest BCUT2D eigenvalue weighted by atomic mass is 9.36. The van der Waals surface area contributed by atoms with Crippen LogP contribution in [0.2, 0.25) is 0 Å². The third kappa shape index (κ3) is 14.2. The Kier molecular flexibility index (Phi) is 24.4. The minimum atomic E-state index is -2.15. The molecule has 12 rings (SSSR count). The number of esters is 1. The highest BCUT2D eigenvalue weighted by Crippen LogP contribution is 2.73. The van der Waals surface area contributed by atoms with E-state index < -0.39 is 295 Å². The minimum Gasteiger partial charge on any atom is -0.432 e. The fraction of sp³-hybridized carbons (Fsp3) is 0.952. The second-order valence-electron chi connectivity index (χ2n) is 29.2. The minimum absolute atomic E-state index is 0.179. The van der Waals surface area contributed by atoms with Crippen LogP contribution in [0.3, 0.4) is 0 Å². The van der Waals surface area contributed by atoms with E-state index in [-0.39, 0.29) is 12.3 Å². The molecule has 99 heavy (non-hydrogen) atoms. The monoisotopic (exact) mass is 1440 g/mol. The van der Waals surface area contributed by atoms with Gasteiger partial charge in [0.25, 0.3) is 0 Å². The maximum absolute atomic E-state index is 15.7. The SMILES string of the molecule is C=C1C[C@@]23CC[C@H]4[C@@](C)(CCC[C@@]4(C)C(=O)OC4OC(CO)C(O)C(OC5OC(CO)C(O)C(O)C5O)C4OC4OC(C)C(O)C(OC5OC(CO)C(O)C(O)C5O)C4O)[C@@H]2C[C@@H]1C(OC1OC(CO)C(O)C(OC2OC(CO)C(O)C(O)C2O)C1OC1OC(CO)C(O)C(O)C1O)C3. The van der Waals surface area contributed by atoms with Gasteiger partial charge >= 0.3 is 5.97 Å². The number of aliphatic hydroxyl groups is 22. The average Bonchev–Trinajstić information content (AvgIpc) is 0.689. The summed E-state index contributed by atoms with van der Waals surface area (Å²) < 4.78 is 85.0. The summed E-state index contributed by atoms with van der Waals surface area (Å²) >= 11 is 0. The molecule has 7 heterocycles. The van der Waals surface area contributed by atoms with Crippen LogP contribution in [0.1, 0.15) is 72.1 Å². The van der Waals surface area contributed by atoms with E-state index in [2.05, 4.69) is 13.5 Å². The fourth-order valence-corrected chi connectivity index (χ4v) is 17.7. The first kappa shape index (κ1) is 77.9. The van der Waals surface area contributed by atoms with Crippen LogP contribution >= 0.6 is 0 Å². The van der Waals surface area contributed by atoms with Crippen molar-refractivity contribution in [3.8, 4) is 0 Å². The Balaban J connectivity index is 0.866. The van der Waals surface area contributed by atoms with Crippen molar-refractivity contribution in [1.82, 2.24) is 0 Å². The molecular weight excluding hydrogens is 1340 g/mol. The number of carbonyl (C=O) groups excluding carboxylic acids is 1. The Morgan fingerprint density at radius 3 is 1.22 bits per heavy atom.